The highest BCUT2D eigenvalue weighted by Gasteiger charge is 2.21. The van der Waals surface area contributed by atoms with Gasteiger partial charge in [0, 0.05) is 11.9 Å². The Labute approximate surface area is 118 Å². The van der Waals surface area contributed by atoms with Gasteiger partial charge in [-0.1, -0.05) is 48.3 Å². The van der Waals surface area contributed by atoms with Crippen molar-refractivity contribution in [2.75, 3.05) is 0 Å². The third kappa shape index (κ3) is 3.99. The predicted octanol–water partition coefficient (Wildman–Crippen LogP) is 4.51. The van der Waals surface area contributed by atoms with Gasteiger partial charge in [-0.15, -0.1) is 0 Å². The first-order valence-corrected chi connectivity index (χ1v) is 7.35. The summed E-state index contributed by atoms with van der Waals surface area (Å²) in [6.45, 7) is 8.73. The van der Waals surface area contributed by atoms with Crippen molar-refractivity contribution in [2.45, 2.75) is 51.8 Å². The first-order valence-electron chi connectivity index (χ1n) is 6.05. The highest BCUT2D eigenvalue weighted by Crippen LogP contribution is 2.30. The lowest BCUT2D eigenvalue weighted by atomic mass is 9.89. The van der Waals surface area contributed by atoms with E-state index in [1.54, 1.807) is 0 Å². The molecule has 0 radical (unpaired) electrons. The van der Waals surface area contributed by atoms with Crippen LogP contribution in [0.25, 0.3) is 0 Å². The number of nitrogens with zero attached hydrogens (tertiary/aromatic N) is 2. The number of hydrogen-bond acceptors (Lipinski definition) is 1. The SMILES string of the molecule is Cc1nn(C)c(CCCC(Br)C(C)(C)C)c1Cl. The molecule has 1 rings (SSSR count). The normalized spacial score (nSPS) is 14.1. The zero-order valence-corrected chi connectivity index (χ0v) is 13.7. The minimum absolute atomic E-state index is 0.312. The Morgan fingerprint density at radius 1 is 1.41 bits per heavy atom. The smallest absolute Gasteiger partial charge is 0.0846 e. The molecule has 0 aromatic carbocycles. The predicted molar refractivity (Wildman–Crippen MR) is 78.1 cm³/mol. The van der Waals surface area contributed by atoms with Crippen LogP contribution in [0.3, 0.4) is 0 Å². The van der Waals surface area contributed by atoms with E-state index in [-0.39, 0.29) is 0 Å². The lowest BCUT2D eigenvalue weighted by Crippen LogP contribution is -2.20. The van der Waals surface area contributed by atoms with Crippen LogP contribution in [-0.2, 0) is 13.5 Å². The molecule has 0 aliphatic heterocycles. The molecule has 0 amide bonds. The van der Waals surface area contributed by atoms with Crippen LogP contribution in [0.5, 0.6) is 0 Å². The Morgan fingerprint density at radius 3 is 2.41 bits per heavy atom. The second kappa shape index (κ2) is 5.75. The standard InChI is InChI=1S/C13H22BrClN2/c1-9-12(15)10(17(5)16-9)7-6-8-11(14)13(2,3)4/h11H,6-8H2,1-5H3. The van der Waals surface area contributed by atoms with E-state index in [1.165, 1.54) is 0 Å². The topological polar surface area (TPSA) is 17.8 Å². The second-order valence-corrected chi connectivity index (χ2v) is 7.18. The molecule has 0 aliphatic carbocycles. The molecule has 0 spiro atoms. The quantitative estimate of drug-likeness (QED) is 0.746. The maximum absolute atomic E-state index is 6.22. The monoisotopic (exact) mass is 320 g/mol. The lowest BCUT2D eigenvalue weighted by Gasteiger charge is -2.25. The van der Waals surface area contributed by atoms with Gasteiger partial charge >= 0.3 is 0 Å². The van der Waals surface area contributed by atoms with Crippen molar-refractivity contribution in [1.29, 1.82) is 0 Å². The number of alkyl halides is 1. The van der Waals surface area contributed by atoms with Crippen LogP contribution in [-0.4, -0.2) is 14.6 Å². The van der Waals surface area contributed by atoms with Crippen molar-refractivity contribution in [3.8, 4) is 0 Å². The van der Waals surface area contributed by atoms with Crippen LogP contribution >= 0.6 is 27.5 Å². The molecule has 1 heterocycles. The van der Waals surface area contributed by atoms with E-state index in [1.807, 2.05) is 18.7 Å². The van der Waals surface area contributed by atoms with Crippen LogP contribution < -0.4 is 0 Å². The fourth-order valence-corrected chi connectivity index (χ4v) is 2.41. The van der Waals surface area contributed by atoms with Crippen molar-refractivity contribution < 1.29 is 0 Å². The van der Waals surface area contributed by atoms with Gasteiger partial charge in [-0.05, 0) is 31.6 Å². The Bertz CT molecular complexity index is 380. The third-order valence-corrected chi connectivity index (χ3v) is 5.40. The van der Waals surface area contributed by atoms with Gasteiger partial charge in [0.1, 0.15) is 0 Å². The van der Waals surface area contributed by atoms with Crippen molar-refractivity contribution in [3.63, 3.8) is 0 Å². The molecule has 0 fully saturated rings. The highest BCUT2D eigenvalue weighted by atomic mass is 79.9. The highest BCUT2D eigenvalue weighted by molar-refractivity contribution is 9.09. The van der Waals surface area contributed by atoms with Gasteiger partial charge in [-0.2, -0.15) is 5.10 Å². The van der Waals surface area contributed by atoms with E-state index < -0.39 is 0 Å². The molecule has 17 heavy (non-hydrogen) atoms. The number of aromatic nitrogens is 2. The maximum Gasteiger partial charge on any atom is 0.0846 e. The van der Waals surface area contributed by atoms with E-state index in [2.05, 4.69) is 41.8 Å². The maximum atomic E-state index is 6.22. The van der Waals surface area contributed by atoms with E-state index in [0.29, 0.717) is 10.2 Å². The minimum atomic E-state index is 0.312. The summed E-state index contributed by atoms with van der Waals surface area (Å²) in [7, 11) is 1.96. The second-order valence-electron chi connectivity index (χ2n) is 5.70. The van der Waals surface area contributed by atoms with Crippen LogP contribution in [0, 0.1) is 12.3 Å². The van der Waals surface area contributed by atoms with Crippen LogP contribution in [0.2, 0.25) is 5.02 Å². The Morgan fingerprint density at radius 2 is 2.00 bits per heavy atom. The van der Waals surface area contributed by atoms with Crippen molar-refractivity contribution in [2.24, 2.45) is 12.5 Å². The summed E-state index contributed by atoms with van der Waals surface area (Å²) in [5, 5.41) is 5.16. The minimum Gasteiger partial charge on any atom is -0.271 e. The molecule has 0 aliphatic rings. The summed E-state index contributed by atoms with van der Waals surface area (Å²) in [5.74, 6) is 0. The molecular weight excluding hydrogens is 300 g/mol. The fourth-order valence-electron chi connectivity index (χ4n) is 1.83. The zero-order valence-electron chi connectivity index (χ0n) is 11.3. The Hall–Kier alpha value is -0.0200. The first-order chi connectivity index (χ1) is 7.73. The van der Waals surface area contributed by atoms with Crippen molar-refractivity contribution >= 4 is 27.5 Å². The summed E-state index contributed by atoms with van der Waals surface area (Å²) in [6.07, 6.45) is 3.28. The first kappa shape index (κ1) is 15.0. The number of halogens is 2. The van der Waals surface area contributed by atoms with Gasteiger partial charge in [-0.3, -0.25) is 4.68 Å². The molecule has 0 saturated heterocycles. The summed E-state index contributed by atoms with van der Waals surface area (Å²) < 4.78 is 1.90. The Kier molecular flexibility index (Phi) is 5.08. The van der Waals surface area contributed by atoms with Gasteiger partial charge in [-0.25, -0.2) is 0 Å². The summed E-state index contributed by atoms with van der Waals surface area (Å²) in [6, 6.07) is 0. The molecule has 4 heteroatoms. The van der Waals surface area contributed by atoms with Crippen LogP contribution in [0.15, 0.2) is 0 Å². The van der Waals surface area contributed by atoms with E-state index in [0.717, 1.165) is 35.7 Å². The number of hydrogen-bond donors (Lipinski definition) is 0. The summed E-state index contributed by atoms with van der Waals surface area (Å²) >= 11 is 9.98. The molecule has 2 nitrogen and oxygen atoms in total. The van der Waals surface area contributed by atoms with E-state index in [4.69, 9.17) is 11.6 Å². The third-order valence-electron chi connectivity index (χ3n) is 3.07. The molecule has 1 unspecified atom stereocenters. The van der Waals surface area contributed by atoms with Gasteiger partial charge < -0.3 is 0 Å². The van der Waals surface area contributed by atoms with Gasteiger partial charge in [0.2, 0.25) is 0 Å². The van der Waals surface area contributed by atoms with Gasteiger partial charge in [0.05, 0.1) is 16.4 Å². The number of rotatable bonds is 4. The Balaban J connectivity index is 2.52. The van der Waals surface area contributed by atoms with Crippen LogP contribution in [0.4, 0.5) is 0 Å². The molecule has 0 saturated carbocycles. The molecule has 0 bridgehead atoms. The molecule has 0 N–H and O–H groups in total. The number of aryl methyl sites for hydroxylation is 2. The van der Waals surface area contributed by atoms with Gasteiger partial charge in [0.25, 0.3) is 0 Å². The van der Waals surface area contributed by atoms with E-state index in [9.17, 15) is 0 Å². The molecule has 1 aromatic heterocycles. The molecule has 98 valence electrons. The molecule has 1 atom stereocenters. The fraction of sp³-hybridized carbons (Fsp3) is 0.769. The van der Waals surface area contributed by atoms with Gasteiger partial charge in [0.15, 0.2) is 0 Å². The zero-order chi connectivity index (χ0) is 13.2. The van der Waals surface area contributed by atoms with Crippen molar-refractivity contribution in [1.82, 2.24) is 9.78 Å². The lowest BCUT2D eigenvalue weighted by molar-refractivity contribution is 0.379. The largest absolute Gasteiger partial charge is 0.271 e. The van der Waals surface area contributed by atoms with Crippen LogP contribution in [0.1, 0.15) is 45.0 Å². The average molecular weight is 322 g/mol. The molecule has 1 aromatic rings. The summed E-state index contributed by atoms with van der Waals surface area (Å²) in [4.78, 5) is 0.545. The van der Waals surface area contributed by atoms with E-state index >= 15 is 0 Å². The molecular formula is C13H22BrClN2. The van der Waals surface area contributed by atoms with Crippen molar-refractivity contribution in [3.05, 3.63) is 16.4 Å². The summed E-state index contributed by atoms with van der Waals surface area (Å²) in [5.41, 5.74) is 2.39. The average Bonchev–Trinajstić information content (AvgIpc) is 2.42.